The summed E-state index contributed by atoms with van der Waals surface area (Å²) in [6, 6.07) is 0. The molecule has 1 saturated heterocycles. The first-order chi connectivity index (χ1) is 7.63. The van der Waals surface area contributed by atoms with Gasteiger partial charge in [-0.3, -0.25) is 9.59 Å². The minimum atomic E-state index is -1.35. The SMILES string of the molecule is O=CN1CCN(C(=O)COCC(=O)[O-])CC1. The molecule has 0 bridgehead atoms. The number of hydrogen-bond donors (Lipinski definition) is 0. The van der Waals surface area contributed by atoms with Gasteiger partial charge < -0.3 is 24.4 Å². The van der Waals surface area contributed by atoms with Gasteiger partial charge >= 0.3 is 0 Å². The van der Waals surface area contributed by atoms with E-state index >= 15 is 0 Å². The fraction of sp³-hybridized carbons (Fsp3) is 0.667. The maximum absolute atomic E-state index is 11.5. The molecule has 1 fully saturated rings. The number of nitrogens with zero attached hydrogens (tertiary/aromatic N) is 2. The molecular formula is C9H13N2O5-. The molecule has 0 radical (unpaired) electrons. The van der Waals surface area contributed by atoms with Gasteiger partial charge in [0.25, 0.3) is 0 Å². The Bertz CT molecular complexity index is 273. The Labute approximate surface area is 92.6 Å². The molecule has 0 aromatic heterocycles. The lowest BCUT2D eigenvalue weighted by Crippen LogP contribution is -2.49. The van der Waals surface area contributed by atoms with Crippen LogP contribution in [0.2, 0.25) is 0 Å². The van der Waals surface area contributed by atoms with Crippen LogP contribution in [0.15, 0.2) is 0 Å². The zero-order valence-electron chi connectivity index (χ0n) is 8.76. The van der Waals surface area contributed by atoms with E-state index in [1.54, 1.807) is 4.90 Å². The minimum absolute atomic E-state index is 0.269. The largest absolute Gasteiger partial charge is 0.548 e. The first-order valence-electron chi connectivity index (χ1n) is 4.88. The first-order valence-corrected chi connectivity index (χ1v) is 4.88. The van der Waals surface area contributed by atoms with Crippen molar-refractivity contribution in [1.82, 2.24) is 9.80 Å². The Balaban J connectivity index is 2.22. The Hall–Kier alpha value is -1.63. The van der Waals surface area contributed by atoms with Crippen molar-refractivity contribution >= 4 is 18.3 Å². The van der Waals surface area contributed by atoms with Gasteiger partial charge in [-0.25, -0.2) is 0 Å². The first kappa shape index (κ1) is 12.4. The van der Waals surface area contributed by atoms with Gasteiger partial charge in [-0.1, -0.05) is 0 Å². The highest BCUT2D eigenvalue weighted by Crippen LogP contribution is 2.00. The molecule has 0 N–H and O–H groups in total. The molecule has 1 aliphatic rings. The zero-order chi connectivity index (χ0) is 12.0. The van der Waals surface area contributed by atoms with Gasteiger partial charge in [-0.2, -0.15) is 0 Å². The molecule has 1 aliphatic heterocycles. The van der Waals surface area contributed by atoms with Crippen molar-refractivity contribution in [2.75, 3.05) is 39.4 Å². The topological polar surface area (TPSA) is 90.0 Å². The van der Waals surface area contributed by atoms with E-state index in [4.69, 9.17) is 0 Å². The van der Waals surface area contributed by atoms with Crippen LogP contribution in [0.1, 0.15) is 0 Å². The van der Waals surface area contributed by atoms with Crippen LogP contribution in [0.3, 0.4) is 0 Å². The number of carbonyl (C=O) groups is 3. The molecule has 0 unspecified atom stereocenters. The van der Waals surface area contributed by atoms with E-state index < -0.39 is 12.6 Å². The van der Waals surface area contributed by atoms with Crippen LogP contribution < -0.4 is 5.11 Å². The van der Waals surface area contributed by atoms with Gasteiger partial charge in [0.1, 0.15) is 6.61 Å². The molecule has 0 aliphatic carbocycles. The van der Waals surface area contributed by atoms with Gasteiger partial charge in [0.2, 0.25) is 12.3 Å². The Morgan fingerprint density at radius 1 is 1.19 bits per heavy atom. The van der Waals surface area contributed by atoms with Crippen LogP contribution in [0.5, 0.6) is 0 Å². The molecule has 1 rings (SSSR count). The van der Waals surface area contributed by atoms with E-state index in [2.05, 4.69) is 4.74 Å². The van der Waals surface area contributed by atoms with Crippen molar-refractivity contribution < 1.29 is 24.2 Å². The second kappa shape index (κ2) is 6.06. The van der Waals surface area contributed by atoms with Crippen LogP contribution in [-0.4, -0.2) is 67.5 Å². The van der Waals surface area contributed by atoms with Crippen LogP contribution in [0.4, 0.5) is 0 Å². The van der Waals surface area contributed by atoms with Crippen LogP contribution in [-0.2, 0) is 19.1 Å². The molecule has 2 amide bonds. The molecule has 0 aromatic carbocycles. The number of amides is 2. The molecule has 7 heteroatoms. The molecule has 7 nitrogen and oxygen atoms in total. The van der Waals surface area contributed by atoms with Crippen molar-refractivity contribution in [2.45, 2.75) is 0 Å². The fourth-order valence-corrected chi connectivity index (χ4v) is 1.39. The van der Waals surface area contributed by atoms with Crippen LogP contribution in [0.25, 0.3) is 0 Å². The van der Waals surface area contributed by atoms with E-state index in [1.807, 2.05) is 0 Å². The van der Waals surface area contributed by atoms with E-state index in [0.717, 1.165) is 6.41 Å². The number of carboxylic acid groups (broad SMARTS) is 1. The van der Waals surface area contributed by atoms with E-state index in [0.29, 0.717) is 26.2 Å². The van der Waals surface area contributed by atoms with Gasteiger partial charge in [-0.15, -0.1) is 0 Å². The summed E-state index contributed by atoms with van der Waals surface area (Å²) < 4.78 is 4.63. The molecule has 90 valence electrons. The Morgan fingerprint density at radius 3 is 2.31 bits per heavy atom. The number of carbonyl (C=O) groups excluding carboxylic acids is 3. The van der Waals surface area contributed by atoms with E-state index in [-0.39, 0.29) is 12.5 Å². The highest BCUT2D eigenvalue weighted by Gasteiger charge is 2.19. The standard InChI is InChI=1S/C9H14N2O5/c12-7-10-1-3-11(4-2-10)8(13)5-16-6-9(14)15/h7H,1-6H2,(H,14,15)/p-1. The van der Waals surface area contributed by atoms with E-state index in [9.17, 15) is 19.5 Å². The molecule has 0 saturated carbocycles. The highest BCUT2D eigenvalue weighted by molar-refractivity contribution is 5.78. The summed E-state index contributed by atoms with van der Waals surface area (Å²) in [4.78, 5) is 35.0. The van der Waals surface area contributed by atoms with Gasteiger partial charge in [0.15, 0.2) is 0 Å². The normalized spacial score (nSPS) is 16.0. The van der Waals surface area contributed by atoms with Crippen LogP contribution in [0, 0.1) is 0 Å². The minimum Gasteiger partial charge on any atom is -0.548 e. The summed E-state index contributed by atoms with van der Waals surface area (Å²) in [7, 11) is 0. The predicted octanol–water partition coefficient (Wildman–Crippen LogP) is -2.95. The fourth-order valence-electron chi connectivity index (χ4n) is 1.39. The third-order valence-electron chi connectivity index (χ3n) is 2.26. The Kier molecular flexibility index (Phi) is 4.71. The van der Waals surface area contributed by atoms with Crippen molar-refractivity contribution in [1.29, 1.82) is 0 Å². The summed E-state index contributed by atoms with van der Waals surface area (Å²) in [5, 5.41) is 10.0. The number of ether oxygens (including phenoxy) is 1. The number of aliphatic carboxylic acids is 1. The summed E-state index contributed by atoms with van der Waals surface area (Å²) in [5.74, 6) is -1.62. The summed E-state index contributed by atoms with van der Waals surface area (Å²) in [6.45, 7) is 1.04. The number of piperazine rings is 1. The molecule has 0 spiro atoms. The van der Waals surface area contributed by atoms with Crippen molar-refractivity contribution in [2.24, 2.45) is 0 Å². The molecular weight excluding hydrogens is 216 g/mol. The van der Waals surface area contributed by atoms with Crippen molar-refractivity contribution in [3.8, 4) is 0 Å². The second-order valence-electron chi connectivity index (χ2n) is 3.39. The summed E-state index contributed by atoms with van der Waals surface area (Å²) in [6.07, 6.45) is 0.744. The summed E-state index contributed by atoms with van der Waals surface area (Å²) in [5.41, 5.74) is 0. The number of rotatable bonds is 5. The molecule has 1 heterocycles. The van der Waals surface area contributed by atoms with E-state index in [1.165, 1.54) is 4.90 Å². The monoisotopic (exact) mass is 229 g/mol. The van der Waals surface area contributed by atoms with Crippen molar-refractivity contribution in [3.63, 3.8) is 0 Å². The quantitative estimate of drug-likeness (QED) is 0.470. The maximum Gasteiger partial charge on any atom is 0.248 e. The maximum atomic E-state index is 11.5. The van der Waals surface area contributed by atoms with Crippen LogP contribution >= 0.6 is 0 Å². The molecule has 0 aromatic rings. The third kappa shape index (κ3) is 3.85. The number of hydrogen-bond acceptors (Lipinski definition) is 5. The lowest BCUT2D eigenvalue weighted by Gasteiger charge is -2.32. The van der Waals surface area contributed by atoms with Crippen molar-refractivity contribution in [3.05, 3.63) is 0 Å². The molecule has 16 heavy (non-hydrogen) atoms. The average Bonchev–Trinajstić information content (AvgIpc) is 2.28. The molecule has 0 atom stereocenters. The van der Waals surface area contributed by atoms with Gasteiger partial charge in [0, 0.05) is 26.2 Å². The second-order valence-corrected chi connectivity index (χ2v) is 3.39. The lowest BCUT2D eigenvalue weighted by atomic mass is 10.3. The zero-order valence-corrected chi connectivity index (χ0v) is 8.76. The average molecular weight is 229 g/mol. The Morgan fingerprint density at radius 2 is 1.81 bits per heavy atom. The lowest BCUT2D eigenvalue weighted by molar-refractivity contribution is -0.309. The van der Waals surface area contributed by atoms with Gasteiger partial charge in [-0.05, 0) is 0 Å². The smallest absolute Gasteiger partial charge is 0.248 e. The van der Waals surface area contributed by atoms with Gasteiger partial charge in [0.05, 0.1) is 12.6 Å². The number of carboxylic acids is 1. The third-order valence-corrected chi connectivity index (χ3v) is 2.26. The highest BCUT2D eigenvalue weighted by atomic mass is 16.5. The summed E-state index contributed by atoms with van der Waals surface area (Å²) >= 11 is 0. The predicted molar refractivity (Wildman–Crippen MR) is 50.0 cm³/mol.